The molecule has 0 spiro atoms. The number of anilines is 2. The maximum Gasteiger partial charge on any atom is 0.246 e. The van der Waals surface area contributed by atoms with Crippen molar-refractivity contribution in [1.29, 1.82) is 0 Å². The molecule has 0 bridgehead atoms. The molecule has 0 aliphatic carbocycles. The SMILES string of the molecule is CC1(C)CN(c2n[nH]c(N)n2)CC(C)(C)O1. The van der Waals surface area contributed by atoms with Gasteiger partial charge in [-0.1, -0.05) is 0 Å². The predicted octanol–water partition coefficient (Wildman–Crippen LogP) is 0.781. The summed E-state index contributed by atoms with van der Waals surface area (Å²) in [6.07, 6.45) is 0. The van der Waals surface area contributed by atoms with Crippen LogP contribution in [0, 0.1) is 0 Å². The molecule has 1 fully saturated rings. The molecule has 1 aliphatic rings. The lowest BCUT2D eigenvalue weighted by atomic mass is 9.99. The lowest BCUT2D eigenvalue weighted by molar-refractivity contribution is -0.133. The first-order chi connectivity index (χ1) is 7.27. The van der Waals surface area contributed by atoms with Gasteiger partial charge >= 0.3 is 0 Å². The molecule has 90 valence electrons. The van der Waals surface area contributed by atoms with Gasteiger partial charge in [-0.25, -0.2) is 5.10 Å². The van der Waals surface area contributed by atoms with Gasteiger partial charge in [0, 0.05) is 13.1 Å². The smallest absolute Gasteiger partial charge is 0.246 e. The van der Waals surface area contributed by atoms with Crippen LogP contribution in [0.2, 0.25) is 0 Å². The number of aromatic amines is 1. The predicted molar refractivity (Wildman–Crippen MR) is 62.3 cm³/mol. The third-order valence-electron chi connectivity index (χ3n) is 2.47. The van der Waals surface area contributed by atoms with Crippen molar-refractivity contribution < 1.29 is 4.74 Å². The quantitative estimate of drug-likeness (QED) is 0.738. The van der Waals surface area contributed by atoms with Crippen LogP contribution in [-0.4, -0.2) is 39.5 Å². The summed E-state index contributed by atoms with van der Waals surface area (Å²) in [6, 6.07) is 0. The van der Waals surface area contributed by atoms with Crippen LogP contribution in [0.25, 0.3) is 0 Å². The molecule has 1 aromatic rings. The minimum atomic E-state index is -0.211. The summed E-state index contributed by atoms with van der Waals surface area (Å²) in [7, 11) is 0. The van der Waals surface area contributed by atoms with Gasteiger partial charge in [-0.05, 0) is 27.7 Å². The Kier molecular flexibility index (Phi) is 2.34. The topological polar surface area (TPSA) is 80.1 Å². The van der Waals surface area contributed by atoms with Crippen molar-refractivity contribution in [3.63, 3.8) is 0 Å². The Labute approximate surface area is 95.2 Å². The fourth-order valence-corrected chi connectivity index (χ4v) is 2.34. The van der Waals surface area contributed by atoms with Gasteiger partial charge in [-0.15, -0.1) is 5.10 Å². The molecule has 0 amide bonds. The second kappa shape index (κ2) is 3.35. The average molecular weight is 225 g/mol. The Morgan fingerprint density at radius 2 is 1.81 bits per heavy atom. The zero-order valence-electron chi connectivity index (χ0n) is 10.2. The minimum Gasteiger partial charge on any atom is -0.368 e. The Morgan fingerprint density at radius 3 is 2.25 bits per heavy atom. The number of nitrogens with one attached hydrogen (secondary N) is 1. The van der Waals surface area contributed by atoms with Crippen molar-refractivity contribution in [2.45, 2.75) is 38.9 Å². The summed E-state index contributed by atoms with van der Waals surface area (Å²) in [5, 5.41) is 6.73. The molecule has 2 rings (SSSR count). The van der Waals surface area contributed by atoms with Gasteiger partial charge in [0.25, 0.3) is 0 Å². The molecule has 0 unspecified atom stereocenters. The highest BCUT2D eigenvalue weighted by atomic mass is 16.5. The van der Waals surface area contributed by atoms with Gasteiger partial charge < -0.3 is 15.4 Å². The number of ether oxygens (including phenoxy) is 1. The molecule has 0 radical (unpaired) electrons. The van der Waals surface area contributed by atoms with Gasteiger partial charge in [-0.3, -0.25) is 0 Å². The molecule has 0 aromatic carbocycles. The van der Waals surface area contributed by atoms with E-state index >= 15 is 0 Å². The van der Waals surface area contributed by atoms with Crippen molar-refractivity contribution in [3.8, 4) is 0 Å². The standard InChI is InChI=1S/C10H19N5O/c1-9(2)5-15(6-10(3,4)16-9)8-12-7(11)13-14-8/h5-6H2,1-4H3,(H3,11,12,13,14). The first-order valence-corrected chi connectivity index (χ1v) is 5.40. The van der Waals surface area contributed by atoms with Crippen LogP contribution in [0.1, 0.15) is 27.7 Å². The zero-order valence-corrected chi connectivity index (χ0v) is 10.2. The van der Waals surface area contributed by atoms with E-state index in [1.54, 1.807) is 0 Å². The maximum atomic E-state index is 5.98. The van der Waals surface area contributed by atoms with Crippen LogP contribution >= 0.6 is 0 Å². The second-order valence-corrected chi connectivity index (χ2v) is 5.50. The van der Waals surface area contributed by atoms with Gasteiger partial charge in [0.2, 0.25) is 11.9 Å². The largest absolute Gasteiger partial charge is 0.368 e. The number of nitrogens with zero attached hydrogens (tertiary/aromatic N) is 3. The normalized spacial score (nSPS) is 23.4. The highest BCUT2D eigenvalue weighted by molar-refractivity contribution is 5.35. The van der Waals surface area contributed by atoms with E-state index in [-0.39, 0.29) is 11.2 Å². The summed E-state index contributed by atoms with van der Waals surface area (Å²) < 4.78 is 5.98. The molecular formula is C10H19N5O. The molecule has 1 saturated heterocycles. The number of rotatable bonds is 1. The van der Waals surface area contributed by atoms with Crippen molar-refractivity contribution in [3.05, 3.63) is 0 Å². The van der Waals surface area contributed by atoms with Gasteiger partial charge in [0.05, 0.1) is 11.2 Å². The summed E-state index contributed by atoms with van der Waals surface area (Å²) in [6.45, 7) is 9.78. The molecule has 16 heavy (non-hydrogen) atoms. The molecular weight excluding hydrogens is 206 g/mol. The number of nitrogen functional groups attached to an aromatic ring is 1. The summed E-state index contributed by atoms with van der Waals surface area (Å²) in [5.74, 6) is 0.985. The van der Waals surface area contributed by atoms with E-state index in [9.17, 15) is 0 Å². The first-order valence-electron chi connectivity index (χ1n) is 5.40. The molecule has 0 atom stereocenters. The monoisotopic (exact) mass is 225 g/mol. The van der Waals surface area contributed by atoms with Crippen molar-refractivity contribution in [2.75, 3.05) is 23.7 Å². The third-order valence-corrected chi connectivity index (χ3v) is 2.47. The summed E-state index contributed by atoms with van der Waals surface area (Å²) in [4.78, 5) is 6.24. The number of hydrogen-bond acceptors (Lipinski definition) is 5. The van der Waals surface area contributed by atoms with E-state index in [1.807, 2.05) is 0 Å². The Hall–Kier alpha value is -1.30. The van der Waals surface area contributed by atoms with Gasteiger partial charge in [0.15, 0.2) is 0 Å². The van der Waals surface area contributed by atoms with E-state index in [2.05, 4.69) is 47.8 Å². The van der Waals surface area contributed by atoms with Crippen LogP contribution < -0.4 is 10.6 Å². The number of nitrogens with two attached hydrogens (primary N) is 1. The highest BCUT2D eigenvalue weighted by Gasteiger charge is 2.39. The average Bonchev–Trinajstić information content (AvgIpc) is 2.45. The summed E-state index contributed by atoms with van der Waals surface area (Å²) >= 11 is 0. The van der Waals surface area contributed by atoms with Crippen molar-refractivity contribution >= 4 is 11.9 Å². The highest BCUT2D eigenvalue weighted by Crippen LogP contribution is 2.29. The number of morpholine rings is 1. The van der Waals surface area contributed by atoms with Crippen LogP contribution in [0.5, 0.6) is 0 Å². The van der Waals surface area contributed by atoms with Crippen molar-refractivity contribution in [2.24, 2.45) is 0 Å². The molecule has 6 nitrogen and oxygen atoms in total. The Bertz CT molecular complexity index is 368. The van der Waals surface area contributed by atoms with E-state index < -0.39 is 0 Å². The van der Waals surface area contributed by atoms with Gasteiger partial charge in [0.1, 0.15) is 0 Å². The number of aromatic nitrogens is 3. The molecule has 1 aromatic heterocycles. The molecule has 2 heterocycles. The maximum absolute atomic E-state index is 5.98. The first kappa shape index (κ1) is 11.2. The third kappa shape index (κ3) is 2.27. The lowest BCUT2D eigenvalue weighted by Crippen LogP contribution is -2.57. The minimum absolute atomic E-state index is 0.211. The zero-order chi connectivity index (χ0) is 12.0. The van der Waals surface area contributed by atoms with Crippen LogP contribution in [0.15, 0.2) is 0 Å². The second-order valence-electron chi connectivity index (χ2n) is 5.50. The van der Waals surface area contributed by atoms with Crippen molar-refractivity contribution in [1.82, 2.24) is 15.2 Å². The van der Waals surface area contributed by atoms with Crippen LogP contribution in [0.4, 0.5) is 11.9 Å². The van der Waals surface area contributed by atoms with Gasteiger partial charge in [-0.2, -0.15) is 4.98 Å². The lowest BCUT2D eigenvalue weighted by Gasteiger charge is -2.46. The number of hydrogen-bond donors (Lipinski definition) is 2. The molecule has 6 heteroatoms. The van der Waals surface area contributed by atoms with E-state index in [0.717, 1.165) is 13.1 Å². The van der Waals surface area contributed by atoms with Crippen LogP contribution in [0.3, 0.4) is 0 Å². The van der Waals surface area contributed by atoms with E-state index in [4.69, 9.17) is 10.5 Å². The van der Waals surface area contributed by atoms with E-state index in [0.29, 0.717) is 11.9 Å². The summed E-state index contributed by atoms with van der Waals surface area (Å²) in [5.41, 5.74) is 5.11. The molecule has 1 aliphatic heterocycles. The molecule has 0 saturated carbocycles. The fourth-order valence-electron chi connectivity index (χ4n) is 2.34. The Morgan fingerprint density at radius 1 is 1.25 bits per heavy atom. The van der Waals surface area contributed by atoms with Crippen LogP contribution in [-0.2, 0) is 4.74 Å². The Balaban J connectivity index is 2.22. The fraction of sp³-hybridized carbons (Fsp3) is 0.800. The molecule has 3 N–H and O–H groups in total. The van der Waals surface area contributed by atoms with E-state index in [1.165, 1.54) is 0 Å². The number of H-pyrrole nitrogens is 1.